The fourth-order valence-electron chi connectivity index (χ4n) is 3.59. The van der Waals surface area contributed by atoms with Crippen molar-refractivity contribution in [2.75, 3.05) is 19.7 Å². The average Bonchev–Trinajstić information content (AvgIpc) is 3.08. The van der Waals surface area contributed by atoms with Crippen LogP contribution in [-0.2, 0) is 0 Å². The zero-order valence-corrected chi connectivity index (χ0v) is 14.8. The minimum absolute atomic E-state index is 0.0888. The molecule has 0 unspecified atom stereocenters. The highest BCUT2D eigenvalue weighted by Gasteiger charge is 2.27. The Morgan fingerprint density at radius 2 is 1.92 bits per heavy atom. The van der Waals surface area contributed by atoms with Crippen LogP contribution in [0.3, 0.4) is 0 Å². The molecule has 1 aromatic heterocycles. The van der Waals surface area contributed by atoms with Crippen LogP contribution in [0, 0.1) is 12.8 Å². The van der Waals surface area contributed by atoms with Gasteiger partial charge < -0.3 is 14.4 Å². The number of benzene rings is 2. The molecule has 26 heavy (non-hydrogen) atoms. The molecule has 1 N–H and O–H groups in total. The van der Waals surface area contributed by atoms with E-state index in [1.807, 2.05) is 47.4 Å². The molecule has 134 valence electrons. The Kier molecular flexibility index (Phi) is 4.47. The zero-order valence-electron chi connectivity index (χ0n) is 14.8. The molecule has 5 nitrogen and oxygen atoms in total. The topological polar surface area (TPSA) is 66.6 Å². The first-order valence-electron chi connectivity index (χ1n) is 9.03. The molecular formula is C21H22N2O3. The lowest BCUT2D eigenvalue weighted by atomic mass is 9.98. The van der Waals surface area contributed by atoms with E-state index in [2.05, 4.69) is 4.98 Å². The second kappa shape index (κ2) is 6.92. The van der Waals surface area contributed by atoms with Gasteiger partial charge in [0.1, 0.15) is 5.76 Å². The summed E-state index contributed by atoms with van der Waals surface area (Å²) >= 11 is 0. The Morgan fingerprint density at radius 3 is 2.69 bits per heavy atom. The van der Waals surface area contributed by atoms with Gasteiger partial charge in [0.05, 0.1) is 0 Å². The van der Waals surface area contributed by atoms with Crippen LogP contribution in [0.15, 0.2) is 46.9 Å². The summed E-state index contributed by atoms with van der Waals surface area (Å²) in [5.74, 6) is 1.23. The van der Waals surface area contributed by atoms with E-state index in [9.17, 15) is 9.90 Å². The summed E-state index contributed by atoms with van der Waals surface area (Å²) in [6.45, 7) is 3.28. The Hall–Kier alpha value is -2.66. The second-order valence-corrected chi connectivity index (χ2v) is 6.87. The van der Waals surface area contributed by atoms with Gasteiger partial charge in [-0.1, -0.05) is 36.4 Å². The van der Waals surface area contributed by atoms with E-state index in [1.165, 1.54) is 0 Å². The highest BCUT2D eigenvalue weighted by Crippen LogP contribution is 2.30. The van der Waals surface area contributed by atoms with Crippen molar-refractivity contribution in [3.8, 4) is 11.5 Å². The van der Waals surface area contributed by atoms with Crippen molar-refractivity contribution in [3.63, 3.8) is 0 Å². The fourth-order valence-corrected chi connectivity index (χ4v) is 3.59. The number of carbonyl (C=O) groups is 1. The Bertz CT molecular complexity index is 934. The van der Waals surface area contributed by atoms with Crippen LogP contribution >= 0.6 is 0 Å². The maximum atomic E-state index is 12.9. The molecule has 2 heterocycles. The van der Waals surface area contributed by atoms with Gasteiger partial charge in [-0.3, -0.25) is 4.79 Å². The fraction of sp³-hybridized carbons (Fsp3) is 0.333. The first kappa shape index (κ1) is 16.8. The molecule has 2 aromatic carbocycles. The Balaban J connectivity index is 1.64. The Morgan fingerprint density at radius 1 is 1.19 bits per heavy atom. The zero-order chi connectivity index (χ0) is 18.1. The number of aromatic nitrogens is 1. The number of fused-ring (bicyclic) bond motifs is 1. The SMILES string of the molecule is Cc1oc(-c2cccc3ccccc23)nc1C(=O)N1CCC(CO)CC1. The van der Waals surface area contributed by atoms with Gasteiger partial charge in [-0.25, -0.2) is 4.98 Å². The molecule has 1 saturated heterocycles. The number of amides is 1. The first-order valence-corrected chi connectivity index (χ1v) is 9.03. The number of likely N-dealkylation sites (tertiary alicyclic amines) is 1. The number of hydrogen-bond acceptors (Lipinski definition) is 4. The summed E-state index contributed by atoms with van der Waals surface area (Å²) < 4.78 is 5.86. The molecular weight excluding hydrogens is 328 g/mol. The molecule has 0 saturated carbocycles. The lowest BCUT2D eigenvalue weighted by Crippen LogP contribution is -2.39. The predicted molar refractivity (Wildman–Crippen MR) is 99.9 cm³/mol. The van der Waals surface area contributed by atoms with Crippen molar-refractivity contribution in [3.05, 3.63) is 53.9 Å². The van der Waals surface area contributed by atoms with Gasteiger partial charge in [-0.15, -0.1) is 0 Å². The van der Waals surface area contributed by atoms with Crippen molar-refractivity contribution < 1.29 is 14.3 Å². The van der Waals surface area contributed by atoms with Crippen LogP contribution in [0.4, 0.5) is 0 Å². The van der Waals surface area contributed by atoms with Crippen molar-refractivity contribution in [1.82, 2.24) is 9.88 Å². The van der Waals surface area contributed by atoms with Gasteiger partial charge in [0, 0.05) is 25.3 Å². The molecule has 1 amide bonds. The van der Waals surface area contributed by atoms with Crippen LogP contribution < -0.4 is 0 Å². The lowest BCUT2D eigenvalue weighted by Gasteiger charge is -2.30. The quantitative estimate of drug-likeness (QED) is 0.783. The van der Waals surface area contributed by atoms with Crippen LogP contribution in [0.1, 0.15) is 29.1 Å². The van der Waals surface area contributed by atoms with Gasteiger partial charge in [0.2, 0.25) is 5.89 Å². The third kappa shape index (κ3) is 2.99. The standard InChI is InChI=1S/C21H22N2O3/c1-14-19(21(25)23-11-9-15(13-24)10-12-23)22-20(26-14)18-8-4-6-16-5-2-3-7-17(16)18/h2-8,15,24H,9-13H2,1H3. The molecule has 5 heteroatoms. The third-order valence-corrected chi connectivity index (χ3v) is 5.18. The number of aliphatic hydroxyl groups excluding tert-OH is 1. The molecule has 0 bridgehead atoms. The van der Waals surface area contributed by atoms with Gasteiger partial charge in [-0.2, -0.15) is 0 Å². The smallest absolute Gasteiger partial charge is 0.276 e. The second-order valence-electron chi connectivity index (χ2n) is 6.87. The summed E-state index contributed by atoms with van der Waals surface area (Å²) in [6, 6.07) is 14.0. The van der Waals surface area contributed by atoms with E-state index in [0.29, 0.717) is 36.4 Å². The number of piperidine rings is 1. The number of oxazole rings is 1. The number of aliphatic hydroxyl groups is 1. The molecule has 0 atom stereocenters. The summed E-state index contributed by atoms with van der Waals surface area (Å²) in [6.07, 6.45) is 1.66. The summed E-state index contributed by atoms with van der Waals surface area (Å²) in [7, 11) is 0. The molecule has 3 aromatic rings. The van der Waals surface area contributed by atoms with E-state index in [-0.39, 0.29) is 12.5 Å². The van der Waals surface area contributed by atoms with Gasteiger partial charge in [0.25, 0.3) is 5.91 Å². The van der Waals surface area contributed by atoms with E-state index in [1.54, 1.807) is 6.92 Å². The minimum atomic E-state index is -0.0888. The molecule has 1 aliphatic rings. The van der Waals surface area contributed by atoms with Gasteiger partial charge >= 0.3 is 0 Å². The first-order chi connectivity index (χ1) is 12.7. The average molecular weight is 350 g/mol. The maximum Gasteiger partial charge on any atom is 0.276 e. The minimum Gasteiger partial charge on any atom is -0.441 e. The molecule has 0 aliphatic carbocycles. The number of carbonyl (C=O) groups excluding carboxylic acids is 1. The predicted octanol–water partition coefficient (Wildman–Crippen LogP) is 3.65. The van der Waals surface area contributed by atoms with Crippen molar-refractivity contribution in [2.45, 2.75) is 19.8 Å². The molecule has 4 rings (SSSR count). The molecule has 0 radical (unpaired) electrons. The van der Waals surface area contributed by atoms with E-state index in [0.717, 1.165) is 29.2 Å². The molecule has 0 spiro atoms. The Labute approximate surface area is 152 Å². The molecule has 1 fully saturated rings. The number of rotatable bonds is 3. The maximum absolute atomic E-state index is 12.9. The number of hydrogen-bond donors (Lipinski definition) is 1. The van der Waals surface area contributed by atoms with Gasteiger partial charge in [0.15, 0.2) is 5.69 Å². The van der Waals surface area contributed by atoms with Crippen LogP contribution in [0.25, 0.3) is 22.2 Å². The van der Waals surface area contributed by atoms with Crippen LogP contribution in [0.2, 0.25) is 0 Å². The summed E-state index contributed by atoms with van der Waals surface area (Å²) in [4.78, 5) is 19.2. The van der Waals surface area contributed by atoms with Gasteiger partial charge in [-0.05, 0) is 42.5 Å². The van der Waals surface area contributed by atoms with E-state index in [4.69, 9.17) is 4.42 Å². The van der Waals surface area contributed by atoms with E-state index < -0.39 is 0 Å². The number of nitrogens with zero attached hydrogens (tertiary/aromatic N) is 2. The highest BCUT2D eigenvalue weighted by atomic mass is 16.4. The third-order valence-electron chi connectivity index (χ3n) is 5.18. The van der Waals surface area contributed by atoms with Crippen molar-refractivity contribution in [1.29, 1.82) is 0 Å². The normalized spacial score (nSPS) is 15.5. The van der Waals surface area contributed by atoms with E-state index >= 15 is 0 Å². The largest absolute Gasteiger partial charge is 0.441 e. The van der Waals surface area contributed by atoms with Crippen LogP contribution in [-0.4, -0.2) is 40.6 Å². The summed E-state index contributed by atoms with van der Waals surface area (Å²) in [5, 5.41) is 11.4. The van der Waals surface area contributed by atoms with Crippen LogP contribution in [0.5, 0.6) is 0 Å². The monoisotopic (exact) mass is 350 g/mol. The van der Waals surface area contributed by atoms with Crippen molar-refractivity contribution >= 4 is 16.7 Å². The summed E-state index contributed by atoms with van der Waals surface area (Å²) in [5.41, 5.74) is 1.28. The van der Waals surface area contributed by atoms with Crippen molar-refractivity contribution in [2.24, 2.45) is 5.92 Å². The highest BCUT2D eigenvalue weighted by molar-refractivity contribution is 5.97. The number of aryl methyl sites for hydroxylation is 1. The lowest BCUT2D eigenvalue weighted by molar-refractivity contribution is 0.0644. The molecule has 1 aliphatic heterocycles.